The molecule has 1 amide bonds. The maximum absolute atomic E-state index is 12.7. The normalized spacial score (nSPS) is 21.9. The molecule has 0 saturated heterocycles. The first-order valence-corrected chi connectivity index (χ1v) is 11.8. The Bertz CT molecular complexity index is 747. The molecule has 1 aromatic rings. The van der Waals surface area contributed by atoms with Crippen LogP contribution in [0.25, 0.3) is 0 Å². The SMILES string of the molecule is CCC(C)(C)c1ccc(OC(=O)NCC2(C)CCCC(C)(C)C2)c(C(C)(C)CC)c1. The molecule has 0 spiro atoms. The average molecular weight is 416 g/mol. The Morgan fingerprint density at radius 2 is 1.67 bits per heavy atom. The van der Waals surface area contributed by atoms with E-state index in [0.717, 1.165) is 31.2 Å². The van der Waals surface area contributed by atoms with E-state index in [-0.39, 0.29) is 22.3 Å². The highest BCUT2D eigenvalue weighted by Crippen LogP contribution is 2.45. The Kier molecular flexibility index (Phi) is 7.37. The van der Waals surface area contributed by atoms with E-state index in [1.54, 1.807) is 0 Å². The minimum atomic E-state index is -0.338. The lowest BCUT2D eigenvalue weighted by Crippen LogP contribution is -2.42. The molecule has 0 aliphatic heterocycles. The minimum Gasteiger partial charge on any atom is -0.410 e. The second kappa shape index (κ2) is 8.93. The standard InChI is InChI=1S/C27H45NO2/c1-10-25(5,6)20-13-14-22(21(17-20)26(7,8)11-2)30-23(29)28-19-27(9)16-12-15-24(3,4)18-27/h13-14,17H,10-12,15-16,18-19H2,1-9H3,(H,28,29). The van der Waals surface area contributed by atoms with Crippen molar-refractivity contribution in [2.24, 2.45) is 10.8 Å². The van der Waals surface area contributed by atoms with E-state index in [1.165, 1.54) is 18.4 Å². The number of carbonyl (C=O) groups excluding carboxylic acids is 1. The van der Waals surface area contributed by atoms with Crippen molar-refractivity contribution < 1.29 is 9.53 Å². The van der Waals surface area contributed by atoms with Crippen molar-refractivity contribution in [3.05, 3.63) is 29.3 Å². The first-order chi connectivity index (χ1) is 13.7. The second-order valence-corrected chi connectivity index (χ2v) is 11.9. The molecule has 0 heterocycles. The van der Waals surface area contributed by atoms with E-state index in [2.05, 4.69) is 79.8 Å². The van der Waals surface area contributed by atoms with Gasteiger partial charge in [-0.25, -0.2) is 4.79 Å². The van der Waals surface area contributed by atoms with Crippen LogP contribution < -0.4 is 10.1 Å². The monoisotopic (exact) mass is 415 g/mol. The molecule has 1 aliphatic rings. The lowest BCUT2D eigenvalue weighted by Gasteiger charge is -2.42. The van der Waals surface area contributed by atoms with Gasteiger partial charge in [-0.2, -0.15) is 0 Å². The van der Waals surface area contributed by atoms with Gasteiger partial charge in [0.15, 0.2) is 0 Å². The molecule has 1 N–H and O–H groups in total. The average Bonchev–Trinajstić information content (AvgIpc) is 2.65. The highest BCUT2D eigenvalue weighted by molar-refractivity contribution is 5.71. The highest BCUT2D eigenvalue weighted by Gasteiger charge is 2.37. The van der Waals surface area contributed by atoms with Gasteiger partial charge in [0, 0.05) is 12.1 Å². The van der Waals surface area contributed by atoms with E-state index >= 15 is 0 Å². The van der Waals surface area contributed by atoms with Crippen molar-refractivity contribution >= 4 is 6.09 Å². The first kappa shape index (κ1) is 24.8. The van der Waals surface area contributed by atoms with Gasteiger partial charge in [0.1, 0.15) is 5.75 Å². The van der Waals surface area contributed by atoms with Gasteiger partial charge in [-0.05, 0) is 65.4 Å². The van der Waals surface area contributed by atoms with Crippen molar-refractivity contribution in [2.45, 2.75) is 112 Å². The Morgan fingerprint density at radius 1 is 1.03 bits per heavy atom. The Hall–Kier alpha value is -1.51. The van der Waals surface area contributed by atoms with Crippen molar-refractivity contribution in [2.75, 3.05) is 6.54 Å². The molecule has 170 valence electrons. The molecule has 1 saturated carbocycles. The molecule has 0 radical (unpaired) electrons. The van der Waals surface area contributed by atoms with Gasteiger partial charge in [0.2, 0.25) is 0 Å². The van der Waals surface area contributed by atoms with Gasteiger partial charge >= 0.3 is 6.09 Å². The van der Waals surface area contributed by atoms with Crippen LogP contribution in [-0.2, 0) is 10.8 Å². The third kappa shape index (κ3) is 6.02. The van der Waals surface area contributed by atoms with Crippen LogP contribution in [0.5, 0.6) is 5.75 Å². The lowest BCUT2D eigenvalue weighted by molar-refractivity contribution is 0.0968. The number of hydrogen-bond donors (Lipinski definition) is 1. The summed E-state index contributed by atoms with van der Waals surface area (Å²) < 4.78 is 5.87. The zero-order chi connectivity index (χ0) is 22.8. The van der Waals surface area contributed by atoms with Gasteiger partial charge in [0.05, 0.1) is 0 Å². The largest absolute Gasteiger partial charge is 0.412 e. The van der Waals surface area contributed by atoms with Crippen LogP contribution in [-0.4, -0.2) is 12.6 Å². The zero-order valence-electron chi connectivity index (χ0n) is 21.0. The van der Waals surface area contributed by atoms with E-state index in [0.29, 0.717) is 17.7 Å². The number of ether oxygens (including phenoxy) is 1. The predicted molar refractivity (Wildman–Crippen MR) is 127 cm³/mol. The summed E-state index contributed by atoms with van der Waals surface area (Å²) in [6.07, 6.45) is 6.49. The number of benzene rings is 1. The summed E-state index contributed by atoms with van der Waals surface area (Å²) in [5.41, 5.74) is 2.94. The van der Waals surface area contributed by atoms with Crippen molar-refractivity contribution in [1.29, 1.82) is 0 Å². The number of hydrogen-bond acceptors (Lipinski definition) is 2. The summed E-state index contributed by atoms with van der Waals surface area (Å²) in [5, 5.41) is 3.07. The maximum Gasteiger partial charge on any atom is 0.412 e. The maximum atomic E-state index is 12.7. The molecule has 1 aliphatic carbocycles. The smallest absolute Gasteiger partial charge is 0.410 e. The molecule has 2 rings (SSSR count). The van der Waals surface area contributed by atoms with Gasteiger partial charge < -0.3 is 10.1 Å². The third-order valence-electron chi connectivity index (χ3n) is 7.66. The minimum absolute atomic E-state index is 0.0607. The van der Waals surface area contributed by atoms with Gasteiger partial charge in [-0.3, -0.25) is 0 Å². The van der Waals surface area contributed by atoms with Gasteiger partial charge in [-0.15, -0.1) is 0 Å². The van der Waals surface area contributed by atoms with E-state index < -0.39 is 0 Å². The zero-order valence-corrected chi connectivity index (χ0v) is 21.0. The Balaban J connectivity index is 2.17. The van der Waals surface area contributed by atoms with Gasteiger partial charge in [-0.1, -0.05) is 80.9 Å². The molecule has 1 fully saturated rings. The van der Waals surface area contributed by atoms with Crippen molar-refractivity contribution in [3.8, 4) is 5.75 Å². The van der Waals surface area contributed by atoms with Crippen LogP contribution in [0.3, 0.4) is 0 Å². The van der Waals surface area contributed by atoms with E-state index in [4.69, 9.17) is 4.74 Å². The topological polar surface area (TPSA) is 38.3 Å². The molecule has 3 nitrogen and oxygen atoms in total. The van der Waals surface area contributed by atoms with Crippen LogP contribution in [0.2, 0.25) is 0 Å². The molecule has 3 heteroatoms. The molecular weight excluding hydrogens is 370 g/mol. The fourth-order valence-electron chi connectivity index (χ4n) is 4.86. The molecule has 30 heavy (non-hydrogen) atoms. The molecule has 1 unspecified atom stereocenters. The number of rotatable bonds is 7. The number of amides is 1. The number of nitrogens with one attached hydrogen (secondary N) is 1. The van der Waals surface area contributed by atoms with Crippen molar-refractivity contribution in [3.63, 3.8) is 0 Å². The number of carbonyl (C=O) groups is 1. The Labute approximate surface area is 185 Å². The van der Waals surface area contributed by atoms with Crippen LogP contribution in [0.1, 0.15) is 112 Å². The molecule has 0 bridgehead atoms. The van der Waals surface area contributed by atoms with Crippen molar-refractivity contribution in [1.82, 2.24) is 5.32 Å². The first-order valence-electron chi connectivity index (χ1n) is 11.8. The highest BCUT2D eigenvalue weighted by atomic mass is 16.6. The third-order valence-corrected chi connectivity index (χ3v) is 7.66. The summed E-state index contributed by atoms with van der Waals surface area (Å²) in [7, 11) is 0. The molecular formula is C27H45NO2. The molecule has 1 aromatic carbocycles. The van der Waals surface area contributed by atoms with Crippen LogP contribution in [0.15, 0.2) is 18.2 Å². The summed E-state index contributed by atoms with van der Waals surface area (Å²) >= 11 is 0. The second-order valence-electron chi connectivity index (χ2n) is 11.9. The summed E-state index contributed by atoms with van der Waals surface area (Å²) in [5.74, 6) is 0.684. The Morgan fingerprint density at radius 3 is 2.23 bits per heavy atom. The summed E-state index contributed by atoms with van der Waals surface area (Å²) in [4.78, 5) is 12.7. The summed E-state index contributed by atoms with van der Waals surface area (Å²) in [6.45, 7) is 21.0. The predicted octanol–water partition coefficient (Wildman–Crippen LogP) is 7.76. The quantitative estimate of drug-likeness (QED) is 0.494. The van der Waals surface area contributed by atoms with E-state index in [1.807, 2.05) is 6.07 Å². The summed E-state index contributed by atoms with van der Waals surface area (Å²) in [6, 6.07) is 6.36. The lowest BCUT2D eigenvalue weighted by atomic mass is 9.64. The van der Waals surface area contributed by atoms with Crippen LogP contribution in [0, 0.1) is 10.8 Å². The fourth-order valence-corrected chi connectivity index (χ4v) is 4.86. The molecule has 0 aromatic heterocycles. The van der Waals surface area contributed by atoms with Crippen LogP contribution in [0.4, 0.5) is 4.79 Å². The van der Waals surface area contributed by atoms with E-state index in [9.17, 15) is 4.79 Å². The molecule has 1 atom stereocenters. The van der Waals surface area contributed by atoms with Crippen LogP contribution >= 0.6 is 0 Å². The van der Waals surface area contributed by atoms with Gasteiger partial charge in [0.25, 0.3) is 0 Å². The fraction of sp³-hybridized carbons (Fsp3) is 0.741.